The molecule has 0 saturated carbocycles. The summed E-state index contributed by atoms with van der Waals surface area (Å²) < 4.78 is 113. The quantitative estimate of drug-likeness (QED) is 0.590. The number of halogens is 9. The Morgan fingerprint density at radius 2 is 1.28 bits per heavy atom. The highest BCUT2D eigenvalue weighted by atomic mass is 19.4. The van der Waals surface area contributed by atoms with Crippen LogP contribution in [-0.2, 0) is 14.3 Å². The predicted molar refractivity (Wildman–Crippen MR) is 34.0 cm³/mol. The van der Waals surface area contributed by atoms with Gasteiger partial charge in [-0.1, -0.05) is 0 Å². The lowest BCUT2D eigenvalue weighted by Crippen LogP contribution is -2.60. The van der Waals surface area contributed by atoms with Crippen molar-refractivity contribution < 1.29 is 53.8 Å². The second-order valence-corrected chi connectivity index (χ2v) is 2.70. The van der Waals surface area contributed by atoms with Crippen LogP contribution in [0.2, 0.25) is 0 Å². The van der Waals surface area contributed by atoms with Crippen molar-refractivity contribution in [3.05, 3.63) is 0 Å². The van der Waals surface area contributed by atoms with E-state index in [4.69, 9.17) is 0 Å². The van der Waals surface area contributed by atoms with Gasteiger partial charge >= 0.3 is 30.3 Å². The Labute approximate surface area is 92.4 Å². The van der Waals surface area contributed by atoms with Gasteiger partial charge in [0.15, 0.2) is 0 Å². The molecule has 12 heteroatoms. The average Bonchev–Trinajstić information content (AvgIpc) is 2.11. The summed E-state index contributed by atoms with van der Waals surface area (Å²) in [5.74, 6) is -16.1. The zero-order valence-electron chi connectivity index (χ0n) is 8.13. The third kappa shape index (κ3) is 2.97. The Morgan fingerprint density at radius 3 is 1.56 bits per heavy atom. The first-order valence-electron chi connectivity index (χ1n) is 3.68. The van der Waals surface area contributed by atoms with Crippen LogP contribution >= 0.6 is 0 Å². The van der Waals surface area contributed by atoms with Crippen LogP contribution in [0.3, 0.4) is 0 Å². The molecule has 0 fully saturated rings. The highest BCUT2D eigenvalue weighted by Crippen LogP contribution is 2.48. The minimum absolute atomic E-state index is 0.148. The Balaban J connectivity index is 5.42. The molecule has 0 N–H and O–H groups in total. The van der Waals surface area contributed by atoms with Gasteiger partial charge in [-0.05, 0) is 0 Å². The largest absolute Gasteiger partial charge is 0.527 e. The molecular formula is C6H3F9O3. The van der Waals surface area contributed by atoms with E-state index in [0.29, 0.717) is 0 Å². The van der Waals surface area contributed by atoms with Crippen molar-refractivity contribution in [2.45, 2.75) is 24.3 Å². The number of esters is 1. The maximum Gasteiger partial charge on any atom is 0.527 e. The lowest BCUT2D eigenvalue weighted by atomic mass is 10.1. The molecule has 0 saturated heterocycles. The average molecular weight is 294 g/mol. The summed E-state index contributed by atoms with van der Waals surface area (Å²) in [5.41, 5.74) is 0. The molecule has 0 spiro atoms. The second-order valence-electron chi connectivity index (χ2n) is 2.70. The predicted octanol–water partition coefficient (Wildman–Crippen LogP) is 2.56. The smallest absolute Gasteiger partial charge is 0.464 e. The SMILES string of the molecule is COC(=O)C(F)(F)C(F)(F)C(F)(F)OC(F)(F)F. The van der Waals surface area contributed by atoms with E-state index >= 15 is 0 Å². The molecule has 18 heavy (non-hydrogen) atoms. The van der Waals surface area contributed by atoms with Gasteiger partial charge in [0, 0.05) is 0 Å². The van der Waals surface area contributed by atoms with Crippen LogP contribution in [0.4, 0.5) is 39.5 Å². The normalized spacial score (nSPS) is 14.6. The van der Waals surface area contributed by atoms with Gasteiger partial charge in [-0.2, -0.15) is 26.3 Å². The van der Waals surface area contributed by atoms with E-state index in [1.54, 1.807) is 4.74 Å². The fraction of sp³-hybridized carbons (Fsp3) is 0.833. The maximum atomic E-state index is 12.5. The van der Waals surface area contributed by atoms with E-state index in [0.717, 1.165) is 0 Å². The minimum atomic E-state index is -6.76. The number of hydrogen-bond donors (Lipinski definition) is 0. The fourth-order valence-corrected chi connectivity index (χ4v) is 0.649. The van der Waals surface area contributed by atoms with Gasteiger partial charge < -0.3 is 4.74 Å². The van der Waals surface area contributed by atoms with Crippen molar-refractivity contribution in [2.75, 3.05) is 7.11 Å². The molecule has 0 bridgehead atoms. The summed E-state index contributed by atoms with van der Waals surface area (Å²) in [7, 11) is 0.148. The van der Waals surface area contributed by atoms with Gasteiger partial charge in [0.1, 0.15) is 0 Å². The number of ether oxygens (including phenoxy) is 2. The van der Waals surface area contributed by atoms with E-state index in [2.05, 4.69) is 4.74 Å². The van der Waals surface area contributed by atoms with Crippen molar-refractivity contribution in [1.29, 1.82) is 0 Å². The molecule has 0 aliphatic rings. The molecule has 0 amide bonds. The highest BCUT2D eigenvalue weighted by Gasteiger charge is 2.78. The van der Waals surface area contributed by atoms with Gasteiger partial charge in [-0.3, -0.25) is 0 Å². The number of carbonyl (C=O) groups excluding carboxylic acids is 1. The molecular weight excluding hydrogens is 291 g/mol. The summed E-state index contributed by atoms with van der Waals surface area (Å²) in [6.45, 7) is 0. The maximum absolute atomic E-state index is 12.5. The Bertz CT molecular complexity index is 321. The molecule has 0 rings (SSSR count). The Morgan fingerprint density at radius 1 is 0.889 bits per heavy atom. The molecule has 3 nitrogen and oxygen atoms in total. The molecule has 0 atom stereocenters. The Kier molecular flexibility index (Phi) is 4.18. The van der Waals surface area contributed by atoms with Crippen molar-refractivity contribution in [2.24, 2.45) is 0 Å². The topological polar surface area (TPSA) is 35.5 Å². The number of hydrogen-bond acceptors (Lipinski definition) is 3. The van der Waals surface area contributed by atoms with Gasteiger partial charge in [0.25, 0.3) is 0 Å². The summed E-state index contributed by atoms with van der Waals surface area (Å²) in [5, 5.41) is 0. The summed E-state index contributed by atoms with van der Waals surface area (Å²) in [4.78, 5) is 10.2. The first-order valence-corrected chi connectivity index (χ1v) is 3.68. The van der Waals surface area contributed by atoms with Gasteiger partial charge in [-0.15, -0.1) is 13.2 Å². The molecule has 108 valence electrons. The molecule has 0 aliphatic carbocycles. The van der Waals surface area contributed by atoms with Crippen molar-refractivity contribution in [3.8, 4) is 0 Å². The van der Waals surface area contributed by atoms with Crippen LogP contribution in [0.15, 0.2) is 0 Å². The summed E-state index contributed by atoms with van der Waals surface area (Å²) in [6.07, 6.45) is -13.0. The number of rotatable bonds is 4. The third-order valence-corrected chi connectivity index (χ3v) is 1.45. The first kappa shape index (κ1) is 16.8. The van der Waals surface area contributed by atoms with Crippen molar-refractivity contribution in [1.82, 2.24) is 0 Å². The molecule has 0 unspecified atom stereocenters. The van der Waals surface area contributed by atoms with E-state index < -0.39 is 30.3 Å². The molecule has 0 aromatic carbocycles. The highest BCUT2D eigenvalue weighted by molar-refractivity contribution is 5.79. The zero-order chi connectivity index (χ0) is 15.0. The van der Waals surface area contributed by atoms with Crippen LogP contribution in [-0.4, -0.2) is 37.4 Å². The molecule has 0 aliphatic heterocycles. The van der Waals surface area contributed by atoms with E-state index in [1.165, 1.54) is 0 Å². The molecule has 0 aromatic rings. The van der Waals surface area contributed by atoms with Gasteiger partial charge in [-0.25, -0.2) is 9.53 Å². The van der Waals surface area contributed by atoms with Crippen molar-refractivity contribution >= 4 is 5.97 Å². The Hall–Kier alpha value is -1.20. The minimum Gasteiger partial charge on any atom is -0.464 e. The second kappa shape index (κ2) is 4.48. The molecule has 0 heterocycles. The monoisotopic (exact) mass is 294 g/mol. The van der Waals surface area contributed by atoms with Crippen LogP contribution in [0.1, 0.15) is 0 Å². The lowest BCUT2D eigenvalue weighted by Gasteiger charge is -2.30. The number of carbonyl (C=O) groups is 1. The zero-order valence-corrected chi connectivity index (χ0v) is 8.13. The van der Waals surface area contributed by atoms with E-state index in [1.807, 2.05) is 0 Å². The number of alkyl halides is 9. The summed E-state index contributed by atoms with van der Waals surface area (Å²) in [6, 6.07) is 0. The standard InChI is InChI=1S/C6H3F9O3/c1-17-2(16)3(7,8)4(9,10)5(11,12)18-6(13,14)15/h1H3. The fourth-order valence-electron chi connectivity index (χ4n) is 0.649. The van der Waals surface area contributed by atoms with Crippen LogP contribution < -0.4 is 0 Å². The van der Waals surface area contributed by atoms with Gasteiger partial charge in [0.2, 0.25) is 0 Å². The van der Waals surface area contributed by atoms with Crippen LogP contribution in [0, 0.1) is 0 Å². The third-order valence-electron chi connectivity index (χ3n) is 1.45. The van der Waals surface area contributed by atoms with E-state index in [9.17, 15) is 44.3 Å². The lowest BCUT2D eigenvalue weighted by molar-refractivity contribution is -0.482. The van der Waals surface area contributed by atoms with E-state index in [-0.39, 0.29) is 7.11 Å². The van der Waals surface area contributed by atoms with Gasteiger partial charge in [0.05, 0.1) is 7.11 Å². The van der Waals surface area contributed by atoms with Crippen molar-refractivity contribution in [3.63, 3.8) is 0 Å². The molecule has 0 radical (unpaired) electrons. The summed E-state index contributed by atoms with van der Waals surface area (Å²) >= 11 is 0. The first-order chi connectivity index (χ1) is 7.69. The van der Waals surface area contributed by atoms with Crippen LogP contribution in [0.25, 0.3) is 0 Å². The molecule has 0 aromatic heterocycles. The van der Waals surface area contributed by atoms with Crippen LogP contribution in [0.5, 0.6) is 0 Å². The number of methoxy groups -OCH3 is 1.